The third kappa shape index (κ3) is 4.35. The Kier molecular flexibility index (Phi) is 6.20. The van der Waals surface area contributed by atoms with E-state index in [9.17, 15) is 9.59 Å². The molecule has 5 nitrogen and oxygen atoms in total. The molecule has 162 valence electrons. The number of halogens is 2. The summed E-state index contributed by atoms with van der Waals surface area (Å²) in [5.74, 6) is 0.0489. The van der Waals surface area contributed by atoms with Gasteiger partial charge in [-0.2, -0.15) is 0 Å². The zero-order chi connectivity index (χ0) is 23.0. The topological polar surface area (TPSA) is 62.6 Å². The highest BCUT2D eigenvalue weighted by molar-refractivity contribution is 7.80. The van der Waals surface area contributed by atoms with E-state index in [1.807, 2.05) is 24.3 Å². The fourth-order valence-electron chi connectivity index (χ4n) is 3.31. The van der Waals surface area contributed by atoms with Crippen LogP contribution >= 0.6 is 35.4 Å². The molecule has 2 amide bonds. The summed E-state index contributed by atoms with van der Waals surface area (Å²) in [6, 6.07) is 15.9. The van der Waals surface area contributed by atoms with E-state index in [0.29, 0.717) is 38.7 Å². The van der Waals surface area contributed by atoms with Crippen molar-refractivity contribution in [2.24, 2.45) is 0 Å². The van der Waals surface area contributed by atoms with Gasteiger partial charge in [-0.05, 0) is 72.2 Å². The predicted octanol–water partition coefficient (Wildman–Crippen LogP) is 6.21. The summed E-state index contributed by atoms with van der Waals surface area (Å²) >= 11 is 17.4. The van der Waals surface area contributed by atoms with Gasteiger partial charge in [0.2, 0.25) is 0 Å². The fraction of sp³-hybridized carbons (Fsp3) is 0.125. The van der Waals surface area contributed by atoms with Crippen LogP contribution in [0.3, 0.4) is 0 Å². The van der Waals surface area contributed by atoms with Crippen molar-refractivity contribution in [2.75, 3.05) is 4.90 Å². The molecule has 1 aliphatic heterocycles. The number of furan rings is 1. The highest BCUT2D eigenvalue weighted by atomic mass is 35.5. The van der Waals surface area contributed by atoms with Crippen molar-refractivity contribution in [1.82, 2.24) is 5.32 Å². The van der Waals surface area contributed by atoms with Gasteiger partial charge in [-0.1, -0.05) is 49.2 Å². The quantitative estimate of drug-likeness (QED) is 0.271. The van der Waals surface area contributed by atoms with Gasteiger partial charge in [0.05, 0.1) is 10.7 Å². The van der Waals surface area contributed by atoms with E-state index >= 15 is 0 Å². The van der Waals surface area contributed by atoms with Gasteiger partial charge in [0.1, 0.15) is 17.1 Å². The van der Waals surface area contributed by atoms with Crippen LogP contribution in [0.1, 0.15) is 31.1 Å². The van der Waals surface area contributed by atoms with Gasteiger partial charge >= 0.3 is 0 Å². The summed E-state index contributed by atoms with van der Waals surface area (Å²) in [6.07, 6.45) is 1.39. The molecule has 3 aromatic rings. The number of hydrogen-bond acceptors (Lipinski definition) is 4. The number of hydrogen-bond donors (Lipinski definition) is 1. The number of nitrogens with zero attached hydrogens (tertiary/aromatic N) is 1. The van der Waals surface area contributed by atoms with Crippen molar-refractivity contribution in [3.8, 4) is 11.3 Å². The molecular weight excluding hydrogens is 467 g/mol. The van der Waals surface area contributed by atoms with E-state index < -0.39 is 11.8 Å². The summed E-state index contributed by atoms with van der Waals surface area (Å²) in [5.41, 5.74) is 2.26. The molecule has 4 rings (SSSR count). The number of amides is 2. The number of anilines is 1. The zero-order valence-corrected chi connectivity index (χ0v) is 19.5. The molecule has 0 radical (unpaired) electrons. The maximum absolute atomic E-state index is 13.2. The second-order valence-corrected chi connectivity index (χ2v) is 8.76. The van der Waals surface area contributed by atoms with Gasteiger partial charge in [-0.25, -0.2) is 0 Å². The van der Waals surface area contributed by atoms with Crippen LogP contribution in [0.5, 0.6) is 0 Å². The van der Waals surface area contributed by atoms with Crippen LogP contribution in [-0.4, -0.2) is 16.9 Å². The van der Waals surface area contributed by atoms with Gasteiger partial charge < -0.3 is 4.42 Å². The number of carbonyl (C=O) groups excluding carboxylic acids is 2. The van der Waals surface area contributed by atoms with Crippen molar-refractivity contribution in [2.45, 2.75) is 19.8 Å². The van der Waals surface area contributed by atoms with Gasteiger partial charge in [0.15, 0.2) is 5.11 Å². The van der Waals surface area contributed by atoms with Crippen LogP contribution in [0.4, 0.5) is 5.69 Å². The van der Waals surface area contributed by atoms with Crippen LogP contribution in [-0.2, 0) is 9.59 Å². The minimum absolute atomic E-state index is 0.0301. The molecule has 0 unspecified atom stereocenters. The Labute approximate surface area is 200 Å². The average Bonchev–Trinajstić information content (AvgIpc) is 3.19. The summed E-state index contributed by atoms with van der Waals surface area (Å²) < 4.78 is 5.81. The first-order chi connectivity index (χ1) is 15.2. The van der Waals surface area contributed by atoms with Crippen molar-refractivity contribution in [1.29, 1.82) is 0 Å². The van der Waals surface area contributed by atoms with E-state index in [-0.39, 0.29) is 10.7 Å². The highest BCUT2D eigenvalue weighted by Crippen LogP contribution is 2.32. The van der Waals surface area contributed by atoms with E-state index in [4.69, 9.17) is 39.8 Å². The first-order valence-corrected chi connectivity index (χ1v) is 11.0. The van der Waals surface area contributed by atoms with Gasteiger partial charge in [-0.3, -0.25) is 19.8 Å². The molecule has 0 bridgehead atoms. The smallest absolute Gasteiger partial charge is 0.270 e. The largest absolute Gasteiger partial charge is 0.457 e. The minimum Gasteiger partial charge on any atom is -0.457 e. The van der Waals surface area contributed by atoms with Crippen LogP contribution in [0, 0.1) is 0 Å². The Balaban J connectivity index is 1.65. The maximum atomic E-state index is 13.2. The zero-order valence-electron chi connectivity index (χ0n) is 17.2. The lowest BCUT2D eigenvalue weighted by atomic mass is 10.0. The van der Waals surface area contributed by atoms with Gasteiger partial charge in [0, 0.05) is 10.6 Å². The molecule has 8 heteroatoms. The third-order valence-electron chi connectivity index (χ3n) is 5.03. The Morgan fingerprint density at radius 2 is 1.75 bits per heavy atom. The van der Waals surface area contributed by atoms with Crippen LogP contribution in [0.25, 0.3) is 17.4 Å². The van der Waals surface area contributed by atoms with Crippen LogP contribution < -0.4 is 10.2 Å². The molecule has 0 atom stereocenters. The Morgan fingerprint density at radius 3 is 2.41 bits per heavy atom. The van der Waals surface area contributed by atoms with E-state index in [2.05, 4.69) is 19.2 Å². The second-order valence-electron chi connectivity index (χ2n) is 7.53. The molecule has 2 heterocycles. The lowest BCUT2D eigenvalue weighted by Crippen LogP contribution is -2.54. The number of thiocarbonyl (C=S) groups is 1. The number of benzene rings is 2. The second kappa shape index (κ2) is 8.90. The minimum atomic E-state index is -0.586. The molecule has 32 heavy (non-hydrogen) atoms. The molecule has 1 N–H and O–H groups in total. The number of nitrogens with one attached hydrogen (secondary N) is 1. The van der Waals surface area contributed by atoms with Gasteiger partial charge in [-0.15, -0.1) is 0 Å². The lowest BCUT2D eigenvalue weighted by Gasteiger charge is -2.29. The van der Waals surface area contributed by atoms with Crippen molar-refractivity contribution >= 4 is 64.1 Å². The van der Waals surface area contributed by atoms with E-state index in [1.165, 1.54) is 11.0 Å². The van der Waals surface area contributed by atoms with Crippen LogP contribution in [0.2, 0.25) is 10.0 Å². The molecule has 0 spiro atoms. The average molecular weight is 485 g/mol. The third-order valence-corrected chi connectivity index (χ3v) is 5.86. The number of carbonyl (C=O) groups is 2. The molecule has 0 saturated carbocycles. The summed E-state index contributed by atoms with van der Waals surface area (Å²) in [5, 5.41) is 3.54. The summed E-state index contributed by atoms with van der Waals surface area (Å²) in [4.78, 5) is 27.0. The highest BCUT2D eigenvalue weighted by Gasteiger charge is 2.34. The fourth-order valence-corrected chi connectivity index (χ4v) is 4.09. The van der Waals surface area contributed by atoms with Crippen molar-refractivity contribution < 1.29 is 14.0 Å². The molecule has 1 aromatic heterocycles. The number of rotatable bonds is 4. The van der Waals surface area contributed by atoms with Crippen molar-refractivity contribution in [3.05, 3.63) is 81.5 Å². The van der Waals surface area contributed by atoms with Crippen LogP contribution in [0.15, 0.2) is 64.6 Å². The Hall–Kier alpha value is -2.93. The molecule has 0 aliphatic carbocycles. The normalized spacial score (nSPS) is 15.6. The first kappa shape index (κ1) is 22.3. The summed E-state index contributed by atoms with van der Waals surface area (Å²) in [6.45, 7) is 4.17. The van der Waals surface area contributed by atoms with Crippen molar-refractivity contribution in [3.63, 3.8) is 0 Å². The predicted molar refractivity (Wildman–Crippen MR) is 131 cm³/mol. The van der Waals surface area contributed by atoms with E-state index in [0.717, 1.165) is 5.56 Å². The SMILES string of the molecule is CC(C)c1ccc(N2C(=O)/C(=C\c3ccc(-c4ccc(Cl)cc4Cl)o3)C(=O)NC2=S)cc1. The first-order valence-electron chi connectivity index (χ1n) is 9.81. The molecule has 2 aromatic carbocycles. The molecule has 1 fully saturated rings. The standard InChI is InChI=1S/C24H18Cl2N2O3S/c1-13(2)14-3-6-16(7-4-14)28-23(30)19(22(29)27-24(28)32)12-17-8-10-21(31-17)18-9-5-15(25)11-20(18)26/h3-13H,1-2H3,(H,27,29,32)/b19-12-. The molecular formula is C24H18Cl2N2O3S. The monoisotopic (exact) mass is 484 g/mol. The Morgan fingerprint density at radius 1 is 1.03 bits per heavy atom. The maximum Gasteiger partial charge on any atom is 0.270 e. The van der Waals surface area contributed by atoms with Gasteiger partial charge in [0.25, 0.3) is 11.8 Å². The molecule has 1 saturated heterocycles. The Bertz CT molecular complexity index is 1260. The molecule has 1 aliphatic rings. The summed E-state index contributed by atoms with van der Waals surface area (Å²) in [7, 11) is 0. The van der Waals surface area contributed by atoms with E-state index in [1.54, 1.807) is 30.3 Å². The lowest BCUT2D eigenvalue weighted by molar-refractivity contribution is -0.122.